The minimum atomic E-state index is 0.159. The average molecular weight is 366 g/mol. The minimum absolute atomic E-state index is 0.159. The Morgan fingerprint density at radius 1 is 1.12 bits per heavy atom. The molecule has 0 bridgehead atoms. The Kier molecular flexibility index (Phi) is 6.12. The molecule has 0 radical (unpaired) electrons. The monoisotopic (exact) mass is 365 g/mol. The lowest BCUT2D eigenvalue weighted by molar-refractivity contribution is -0.127. The fourth-order valence-corrected chi connectivity index (χ4v) is 3.59. The zero-order valence-electron chi connectivity index (χ0n) is 15.1. The number of aryl methyl sites for hydroxylation is 1. The number of amides is 1. The van der Waals surface area contributed by atoms with E-state index >= 15 is 0 Å². The van der Waals surface area contributed by atoms with Gasteiger partial charge in [-0.2, -0.15) is 5.10 Å². The van der Waals surface area contributed by atoms with E-state index in [1.54, 1.807) is 22.9 Å². The average Bonchev–Trinajstić information content (AvgIpc) is 3.19. The van der Waals surface area contributed by atoms with Gasteiger partial charge in [0.05, 0.1) is 11.4 Å². The summed E-state index contributed by atoms with van der Waals surface area (Å²) in [5.41, 5.74) is 4.66. The van der Waals surface area contributed by atoms with Gasteiger partial charge < -0.3 is 4.90 Å². The van der Waals surface area contributed by atoms with Gasteiger partial charge in [-0.3, -0.25) is 4.79 Å². The van der Waals surface area contributed by atoms with Crippen LogP contribution in [0, 0.1) is 6.92 Å². The van der Waals surface area contributed by atoms with Crippen molar-refractivity contribution in [3.63, 3.8) is 0 Å². The maximum atomic E-state index is 12.4. The van der Waals surface area contributed by atoms with Crippen LogP contribution in [0.1, 0.15) is 16.7 Å². The summed E-state index contributed by atoms with van der Waals surface area (Å²) in [7, 11) is 1.87. The normalized spacial score (nSPS) is 10.7. The van der Waals surface area contributed by atoms with E-state index in [0.717, 1.165) is 11.4 Å². The van der Waals surface area contributed by atoms with Crippen LogP contribution in [0.4, 0.5) is 0 Å². The summed E-state index contributed by atoms with van der Waals surface area (Å²) in [5, 5.41) is 4.22. The van der Waals surface area contributed by atoms with E-state index < -0.39 is 0 Å². The molecule has 1 aromatic heterocycles. The highest BCUT2D eigenvalue weighted by molar-refractivity contribution is 7.99. The molecular weight excluding hydrogens is 342 g/mol. The standard InChI is InChI=1S/C21H23N3OS/c1-17-6-3-4-7-19(17)14-23(2)21(25)16-26-15-18-8-10-20(11-9-18)24-13-5-12-22-24/h3-13H,14-16H2,1-2H3. The van der Waals surface area contributed by atoms with E-state index in [9.17, 15) is 4.79 Å². The van der Waals surface area contributed by atoms with Crippen molar-refractivity contribution in [1.29, 1.82) is 0 Å². The van der Waals surface area contributed by atoms with Gasteiger partial charge in [0.1, 0.15) is 0 Å². The van der Waals surface area contributed by atoms with Gasteiger partial charge in [0.25, 0.3) is 0 Å². The first-order chi connectivity index (χ1) is 12.6. The van der Waals surface area contributed by atoms with Gasteiger partial charge in [-0.1, -0.05) is 36.4 Å². The van der Waals surface area contributed by atoms with Crippen LogP contribution in [0.2, 0.25) is 0 Å². The Hall–Kier alpha value is -2.53. The molecular formula is C21H23N3OS. The topological polar surface area (TPSA) is 38.1 Å². The van der Waals surface area contributed by atoms with Gasteiger partial charge in [0.2, 0.25) is 5.91 Å². The van der Waals surface area contributed by atoms with Gasteiger partial charge in [0, 0.05) is 31.7 Å². The fourth-order valence-electron chi connectivity index (χ4n) is 2.66. The predicted molar refractivity (Wildman–Crippen MR) is 107 cm³/mol. The van der Waals surface area contributed by atoms with Gasteiger partial charge in [-0.25, -0.2) is 4.68 Å². The van der Waals surface area contributed by atoms with E-state index in [-0.39, 0.29) is 5.91 Å². The SMILES string of the molecule is Cc1ccccc1CN(C)C(=O)CSCc1ccc(-n2cccn2)cc1. The van der Waals surface area contributed by atoms with Gasteiger partial charge in [-0.15, -0.1) is 11.8 Å². The summed E-state index contributed by atoms with van der Waals surface area (Å²) in [6.45, 7) is 2.74. The van der Waals surface area contributed by atoms with Crippen molar-refractivity contribution in [1.82, 2.24) is 14.7 Å². The van der Waals surface area contributed by atoms with Crippen molar-refractivity contribution in [3.8, 4) is 5.69 Å². The number of benzene rings is 2. The lowest BCUT2D eigenvalue weighted by Crippen LogP contribution is -2.28. The van der Waals surface area contributed by atoms with Crippen LogP contribution >= 0.6 is 11.8 Å². The molecule has 26 heavy (non-hydrogen) atoms. The number of rotatable bonds is 7. The second-order valence-corrected chi connectivity index (χ2v) is 7.27. The van der Waals surface area contributed by atoms with Crippen LogP contribution in [-0.2, 0) is 17.1 Å². The summed E-state index contributed by atoms with van der Waals surface area (Å²) in [4.78, 5) is 14.2. The molecule has 0 spiro atoms. The first-order valence-electron chi connectivity index (χ1n) is 8.58. The van der Waals surface area contributed by atoms with Crippen molar-refractivity contribution in [2.24, 2.45) is 0 Å². The van der Waals surface area contributed by atoms with Crippen LogP contribution in [0.5, 0.6) is 0 Å². The molecule has 0 N–H and O–H groups in total. The second-order valence-electron chi connectivity index (χ2n) is 6.29. The first kappa shape index (κ1) is 18.3. The Balaban J connectivity index is 1.46. The third kappa shape index (κ3) is 4.76. The highest BCUT2D eigenvalue weighted by Crippen LogP contribution is 2.16. The Morgan fingerprint density at radius 3 is 2.58 bits per heavy atom. The highest BCUT2D eigenvalue weighted by atomic mass is 32.2. The molecule has 1 heterocycles. The van der Waals surface area contributed by atoms with Crippen LogP contribution in [-0.4, -0.2) is 33.4 Å². The Labute approximate surface area is 158 Å². The number of thioether (sulfide) groups is 1. The van der Waals surface area contributed by atoms with E-state index in [1.165, 1.54) is 16.7 Å². The maximum absolute atomic E-state index is 12.4. The van der Waals surface area contributed by atoms with Gasteiger partial charge in [-0.05, 0) is 41.8 Å². The number of hydrogen-bond donors (Lipinski definition) is 0. The number of carbonyl (C=O) groups is 1. The maximum Gasteiger partial charge on any atom is 0.232 e. The van der Waals surface area contributed by atoms with Crippen molar-refractivity contribution < 1.29 is 4.79 Å². The molecule has 0 aliphatic heterocycles. The summed E-state index contributed by atoms with van der Waals surface area (Å²) in [5.74, 6) is 1.47. The van der Waals surface area contributed by atoms with Crippen LogP contribution in [0.15, 0.2) is 67.0 Å². The van der Waals surface area contributed by atoms with Crippen molar-refractivity contribution >= 4 is 17.7 Å². The molecule has 0 unspecified atom stereocenters. The first-order valence-corrected chi connectivity index (χ1v) is 9.74. The third-order valence-corrected chi connectivity index (χ3v) is 5.28. The molecule has 0 fully saturated rings. The van der Waals surface area contributed by atoms with Crippen molar-refractivity contribution in [3.05, 3.63) is 83.7 Å². The fraction of sp³-hybridized carbons (Fsp3) is 0.238. The molecule has 0 aliphatic rings. The zero-order chi connectivity index (χ0) is 18.4. The van der Waals surface area contributed by atoms with Crippen molar-refractivity contribution in [2.75, 3.05) is 12.8 Å². The second kappa shape index (κ2) is 8.72. The predicted octanol–water partition coefficient (Wildman–Crippen LogP) is 4.07. The zero-order valence-corrected chi connectivity index (χ0v) is 15.9. The molecule has 0 saturated heterocycles. The molecule has 5 heteroatoms. The quantitative estimate of drug-likeness (QED) is 0.633. The van der Waals surface area contributed by atoms with Gasteiger partial charge in [0.15, 0.2) is 0 Å². The molecule has 0 saturated carbocycles. The lowest BCUT2D eigenvalue weighted by Gasteiger charge is -2.18. The van der Waals surface area contributed by atoms with Gasteiger partial charge >= 0.3 is 0 Å². The number of aromatic nitrogens is 2. The largest absolute Gasteiger partial charge is 0.341 e. The molecule has 0 atom stereocenters. The Morgan fingerprint density at radius 2 is 1.88 bits per heavy atom. The Bertz CT molecular complexity index is 844. The summed E-state index contributed by atoms with van der Waals surface area (Å²) in [6.07, 6.45) is 3.69. The van der Waals surface area contributed by atoms with Crippen LogP contribution in [0.3, 0.4) is 0 Å². The molecule has 1 amide bonds. The minimum Gasteiger partial charge on any atom is -0.341 e. The summed E-state index contributed by atoms with van der Waals surface area (Å²) >= 11 is 1.65. The number of carbonyl (C=O) groups excluding carboxylic acids is 1. The van der Waals surface area contributed by atoms with Crippen LogP contribution < -0.4 is 0 Å². The highest BCUT2D eigenvalue weighted by Gasteiger charge is 2.10. The summed E-state index contributed by atoms with van der Waals surface area (Å²) < 4.78 is 1.83. The number of hydrogen-bond acceptors (Lipinski definition) is 3. The van der Waals surface area contributed by atoms with Crippen LogP contribution in [0.25, 0.3) is 5.69 Å². The molecule has 3 rings (SSSR count). The third-order valence-electron chi connectivity index (χ3n) is 4.29. The molecule has 3 aromatic rings. The lowest BCUT2D eigenvalue weighted by atomic mass is 10.1. The van der Waals surface area contributed by atoms with E-state index in [1.807, 2.05) is 36.1 Å². The smallest absolute Gasteiger partial charge is 0.232 e. The molecule has 134 valence electrons. The molecule has 2 aromatic carbocycles. The van der Waals surface area contributed by atoms with E-state index in [4.69, 9.17) is 0 Å². The van der Waals surface area contributed by atoms with E-state index in [2.05, 4.69) is 48.4 Å². The number of nitrogens with zero attached hydrogens (tertiary/aromatic N) is 3. The molecule has 4 nitrogen and oxygen atoms in total. The summed E-state index contributed by atoms with van der Waals surface area (Å²) in [6, 6.07) is 18.4. The van der Waals surface area contributed by atoms with E-state index in [0.29, 0.717) is 12.3 Å². The molecule has 0 aliphatic carbocycles. The van der Waals surface area contributed by atoms with Crippen molar-refractivity contribution in [2.45, 2.75) is 19.2 Å².